The Morgan fingerprint density at radius 1 is 1.05 bits per heavy atom. The fourth-order valence-corrected chi connectivity index (χ4v) is 3.80. The van der Waals surface area contributed by atoms with E-state index >= 15 is 0 Å². The lowest BCUT2D eigenvalue weighted by atomic mass is 9.85. The number of allylic oxidation sites excluding steroid dienone is 2. The molecule has 4 nitrogen and oxygen atoms in total. The lowest BCUT2D eigenvalue weighted by Gasteiger charge is -2.13. The molecule has 1 saturated heterocycles. The zero-order valence-electron chi connectivity index (χ0n) is 11.1. The van der Waals surface area contributed by atoms with Crippen LogP contribution in [-0.2, 0) is 9.59 Å². The van der Waals surface area contributed by atoms with Gasteiger partial charge in [-0.3, -0.25) is 9.59 Å². The van der Waals surface area contributed by atoms with E-state index in [0.717, 1.165) is 17.0 Å². The lowest BCUT2D eigenvalue weighted by molar-refractivity contribution is -0.140. The summed E-state index contributed by atoms with van der Waals surface area (Å²) in [7, 11) is 0. The minimum absolute atomic E-state index is 0.160. The van der Waals surface area contributed by atoms with E-state index in [2.05, 4.69) is 17.3 Å². The Morgan fingerprint density at radius 3 is 2.19 bits per heavy atom. The first-order valence-electron chi connectivity index (χ1n) is 7.01. The highest BCUT2D eigenvalue weighted by Gasteiger charge is 2.59. The highest BCUT2D eigenvalue weighted by atomic mass is 35.5. The molecule has 1 saturated carbocycles. The zero-order valence-corrected chi connectivity index (χ0v) is 11.9. The molecule has 0 N–H and O–H groups in total. The minimum atomic E-state index is -0.199. The molecule has 2 amide bonds. The molecule has 1 heterocycles. The summed E-state index contributed by atoms with van der Waals surface area (Å²) in [6.45, 7) is 0. The molecular formula is C16H13ClN2O2. The van der Waals surface area contributed by atoms with E-state index in [-0.39, 0.29) is 35.5 Å². The van der Waals surface area contributed by atoms with Crippen LogP contribution in [0, 0.1) is 23.7 Å². The number of hydrogen-bond donors (Lipinski definition) is 0. The van der Waals surface area contributed by atoms with Gasteiger partial charge in [0.1, 0.15) is 0 Å². The van der Waals surface area contributed by atoms with Gasteiger partial charge in [-0.05, 0) is 36.0 Å². The van der Waals surface area contributed by atoms with E-state index in [1.165, 1.54) is 6.21 Å². The first kappa shape index (κ1) is 12.8. The van der Waals surface area contributed by atoms with Crippen molar-refractivity contribution < 1.29 is 9.59 Å². The van der Waals surface area contributed by atoms with E-state index in [1.807, 2.05) is 0 Å². The topological polar surface area (TPSA) is 49.7 Å². The van der Waals surface area contributed by atoms with Gasteiger partial charge >= 0.3 is 0 Å². The van der Waals surface area contributed by atoms with E-state index in [9.17, 15) is 9.59 Å². The Kier molecular flexibility index (Phi) is 2.76. The van der Waals surface area contributed by atoms with Crippen LogP contribution in [0.4, 0.5) is 0 Å². The van der Waals surface area contributed by atoms with Crippen LogP contribution < -0.4 is 0 Å². The van der Waals surface area contributed by atoms with Crippen molar-refractivity contribution in [1.29, 1.82) is 0 Å². The van der Waals surface area contributed by atoms with Gasteiger partial charge in [-0.1, -0.05) is 35.9 Å². The first-order chi connectivity index (χ1) is 10.1. The summed E-state index contributed by atoms with van der Waals surface area (Å²) in [5, 5.41) is 5.79. The average molecular weight is 301 g/mol. The Labute approximate surface area is 127 Å². The third kappa shape index (κ3) is 1.86. The summed E-state index contributed by atoms with van der Waals surface area (Å²) in [6.07, 6.45) is 6.61. The molecule has 106 valence electrons. The summed E-state index contributed by atoms with van der Waals surface area (Å²) in [4.78, 5) is 24.8. The number of carbonyl (C=O) groups is 2. The summed E-state index contributed by atoms with van der Waals surface area (Å²) < 4.78 is 0. The van der Waals surface area contributed by atoms with Crippen LogP contribution in [0.15, 0.2) is 41.5 Å². The highest BCUT2D eigenvalue weighted by Crippen LogP contribution is 2.52. The number of halogens is 1. The second-order valence-corrected chi connectivity index (χ2v) is 6.22. The zero-order chi connectivity index (χ0) is 14.6. The molecule has 2 aliphatic carbocycles. The molecule has 4 rings (SSSR count). The molecule has 21 heavy (non-hydrogen) atoms. The Balaban J connectivity index is 1.58. The average Bonchev–Trinajstić information content (AvgIpc) is 3.14. The Bertz CT molecular complexity index is 650. The van der Waals surface area contributed by atoms with Crippen molar-refractivity contribution in [1.82, 2.24) is 5.01 Å². The fourth-order valence-electron chi connectivity index (χ4n) is 3.67. The van der Waals surface area contributed by atoms with Crippen LogP contribution in [0.1, 0.15) is 12.0 Å². The normalized spacial score (nSPS) is 33.5. The van der Waals surface area contributed by atoms with Crippen molar-refractivity contribution in [2.24, 2.45) is 28.8 Å². The van der Waals surface area contributed by atoms with Crippen LogP contribution in [0.2, 0.25) is 5.02 Å². The van der Waals surface area contributed by atoms with Gasteiger partial charge < -0.3 is 0 Å². The summed E-state index contributed by atoms with van der Waals surface area (Å²) in [5.41, 5.74) is 0.804. The third-order valence-corrected chi connectivity index (χ3v) is 4.89. The molecule has 0 radical (unpaired) electrons. The standard InChI is InChI=1S/C16H13ClN2O2/c17-12-5-1-9(2-6-12)8-18-19-15(20)13-10-3-4-11(7-10)14(13)16(19)21/h1-6,8,10-11,13-14H,7H2/b18-8-/t10-,11-,13-,14+/m0/s1. The van der Waals surface area contributed by atoms with Gasteiger partial charge in [0.05, 0.1) is 18.1 Å². The maximum Gasteiger partial charge on any atom is 0.254 e. The summed E-state index contributed by atoms with van der Waals surface area (Å²) in [6, 6.07) is 7.08. The molecule has 3 aliphatic rings. The van der Waals surface area contributed by atoms with Crippen molar-refractivity contribution in [2.45, 2.75) is 6.42 Å². The third-order valence-electron chi connectivity index (χ3n) is 4.64. The molecule has 2 bridgehead atoms. The van der Waals surface area contributed by atoms with Crippen molar-refractivity contribution in [3.8, 4) is 0 Å². The van der Waals surface area contributed by atoms with Crippen molar-refractivity contribution in [2.75, 3.05) is 0 Å². The maximum absolute atomic E-state index is 12.4. The molecule has 2 fully saturated rings. The molecule has 1 aromatic carbocycles. The number of nitrogens with zero attached hydrogens (tertiary/aromatic N) is 2. The van der Waals surface area contributed by atoms with Crippen LogP contribution >= 0.6 is 11.6 Å². The number of hydrogen-bond acceptors (Lipinski definition) is 3. The van der Waals surface area contributed by atoms with Gasteiger partial charge in [0.25, 0.3) is 11.8 Å². The van der Waals surface area contributed by atoms with Gasteiger partial charge in [0.2, 0.25) is 0 Å². The van der Waals surface area contributed by atoms with Crippen LogP contribution in [0.5, 0.6) is 0 Å². The number of amides is 2. The van der Waals surface area contributed by atoms with Gasteiger partial charge in [-0.15, -0.1) is 0 Å². The molecule has 0 unspecified atom stereocenters. The van der Waals surface area contributed by atoms with Crippen LogP contribution in [0.3, 0.4) is 0 Å². The predicted molar refractivity (Wildman–Crippen MR) is 78.6 cm³/mol. The summed E-state index contributed by atoms with van der Waals surface area (Å²) in [5.74, 6) is -0.289. The van der Waals surface area contributed by atoms with Crippen molar-refractivity contribution in [3.05, 3.63) is 47.0 Å². The number of rotatable bonds is 2. The minimum Gasteiger partial charge on any atom is -0.272 e. The number of hydrazone groups is 1. The Hall–Kier alpha value is -1.94. The van der Waals surface area contributed by atoms with Crippen LogP contribution in [0.25, 0.3) is 0 Å². The first-order valence-corrected chi connectivity index (χ1v) is 7.38. The van der Waals surface area contributed by atoms with Gasteiger partial charge in [-0.25, -0.2) is 0 Å². The van der Waals surface area contributed by atoms with E-state index in [4.69, 9.17) is 11.6 Å². The maximum atomic E-state index is 12.4. The smallest absolute Gasteiger partial charge is 0.254 e. The molecular weight excluding hydrogens is 288 g/mol. The number of carbonyl (C=O) groups excluding carboxylic acids is 2. The van der Waals surface area contributed by atoms with Gasteiger partial charge in [0, 0.05) is 5.02 Å². The largest absolute Gasteiger partial charge is 0.272 e. The Morgan fingerprint density at radius 2 is 1.62 bits per heavy atom. The number of benzene rings is 1. The van der Waals surface area contributed by atoms with Crippen molar-refractivity contribution >= 4 is 29.6 Å². The van der Waals surface area contributed by atoms with Crippen molar-refractivity contribution in [3.63, 3.8) is 0 Å². The molecule has 0 aromatic heterocycles. The molecule has 4 atom stereocenters. The number of fused-ring (bicyclic) bond motifs is 5. The molecule has 5 heteroatoms. The number of imide groups is 1. The molecule has 1 aromatic rings. The lowest BCUT2D eigenvalue weighted by Crippen LogP contribution is -2.28. The van der Waals surface area contributed by atoms with E-state index < -0.39 is 0 Å². The SMILES string of the molecule is O=C1[C@@H]2[C@H](C(=O)N1/N=C\c1ccc(Cl)cc1)[C@H]1C=C[C@H]2C1. The molecule has 1 aliphatic heterocycles. The monoisotopic (exact) mass is 300 g/mol. The second kappa shape index (κ2) is 4.53. The van der Waals surface area contributed by atoms with Crippen LogP contribution in [-0.4, -0.2) is 23.0 Å². The highest BCUT2D eigenvalue weighted by molar-refractivity contribution is 6.30. The quantitative estimate of drug-likeness (QED) is 0.479. The second-order valence-electron chi connectivity index (χ2n) is 5.78. The van der Waals surface area contributed by atoms with E-state index in [1.54, 1.807) is 24.3 Å². The van der Waals surface area contributed by atoms with Gasteiger partial charge in [0.15, 0.2) is 0 Å². The predicted octanol–water partition coefficient (Wildman–Crippen LogP) is 2.48. The summed E-state index contributed by atoms with van der Waals surface area (Å²) >= 11 is 5.82. The fraction of sp³-hybridized carbons (Fsp3) is 0.312. The van der Waals surface area contributed by atoms with Gasteiger partial charge in [-0.2, -0.15) is 10.1 Å². The van der Waals surface area contributed by atoms with E-state index in [0.29, 0.717) is 5.02 Å². The molecule has 0 spiro atoms.